The molecule has 0 radical (unpaired) electrons. The van der Waals surface area contributed by atoms with Crippen molar-refractivity contribution in [1.29, 1.82) is 0 Å². The lowest BCUT2D eigenvalue weighted by Gasteiger charge is -2.00. The van der Waals surface area contributed by atoms with Crippen LogP contribution in [0.4, 0.5) is 5.82 Å². The molecule has 0 atom stereocenters. The summed E-state index contributed by atoms with van der Waals surface area (Å²) in [5, 5.41) is 15.2. The molecule has 0 saturated heterocycles. The van der Waals surface area contributed by atoms with Crippen molar-refractivity contribution in [1.82, 2.24) is 4.98 Å². The molecule has 0 amide bonds. The van der Waals surface area contributed by atoms with Crippen molar-refractivity contribution in [3.05, 3.63) is 26.9 Å². The van der Waals surface area contributed by atoms with E-state index < -0.39 is 25.7 Å². The highest BCUT2D eigenvalue weighted by Gasteiger charge is 2.27. The van der Waals surface area contributed by atoms with Crippen LogP contribution in [-0.2, 0) is 10.0 Å². The molecule has 9 heteroatoms. The fourth-order valence-corrected chi connectivity index (χ4v) is 2.50. The number of primary sulfonamides is 1. The Morgan fingerprint density at radius 3 is 2.50 bits per heavy atom. The maximum atomic E-state index is 11.0. The van der Waals surface area contributed by atoms with Crippen LogP contribution in [0.25, 0.3) is 0 Å². The first-order chi connectivity index (χ1) is 6.34. The fourth-order valence-electron chi connectivity index (χ4n) is 0.808. The monoisotopic (exact) mass is 281 g/mol. The zero-order valence-electron chi connectivity index (χ0n) is 6.55. The number of hydrogen-bond acceptors (Lipinski definition) is 5. The smallest absolute Gasteiger partial charge is 0.358 e. The third kappa shape index (κ3) is 2.05. The van der Waals surface area contributed by atoms with E-state index in [0.717, 1.165) is 6.20 Å². The first kappa shape index (κ1) is 11.0. The zero-order chi connectivity index (χ0) is 10.9. The van der Waals surface area contributed by atoms with Gasteiger partial charge in [-0.3, -0.25) is 0 Å². The summed E-state index contributed by atoms with van der Waals surface area (Å²) >= 11 is 2.85. The number of pyridine rings is 1. The van der Waals surface area contributed by atoms with Crippen LogP contribution >= 0.6 is 15.9 Å². The molecule has 1 heterocycles. The third-order valence-corrected chi connectivity index (χ3v) is 3.19. The molecule has 14 heavy (non-hydrogen) atoms. The van der Waals surface area contributed by atoms with Gasteiger partial charge in [0.15, 0.2) is 4.90 Å². The number of halogens is 1. The van der Waals surface area contributed by atoms with Gasteiger partial charge in [-0.2, -0.15) is 0 Å². The van der Waals surface area contributed by atoms with Crippen LogP contribution in [0.2, 0.25) is 0 Å². The molecule has 0 aromatic carbocycles. The van der Waals surface area contributed by atoms with Crippen molar-refractivity contribution in [3.8, 4) is 0 Å². The molecule has 0 spiro atoms. The van der Waals surface area contributed by atoms with Gasteiger partial charge in [0.1, 0.15) is 6.20 Å². The number of sulfonamides is 1. The van der Waals surface area contributed by atoms with Crippen LogP contribution in [0.1, 0.15) is 0 Å². The standard InChI is InChI=1S/C5H4BrN3O4S/c6-3-1-2-8-5(9(10)11)4(3)14(7,12)13/h1-2H,(H2,7,12,13). The molecule has 0 aliphatic heterocycles. The summed E-state index contributed by atoms with van der Waals surface area (Å²) < 4.78 is 22.0. The summed E-state index contributed by atoms with van der Waals surface area (Å²) in [6.07, 6.45) is 1.11. The van der Waals surface area contributed by atoms with Crippen LogP contribution in [0, 0.1) is 10.1 Å². The number of rotatable bonds is 2. The molecular weight excluding hydrogens is 278 g/mol. The van der Waals surface area contributed by atoms with Crippen molar-refractivity contribution >= 4 is 31.8 Å². The third-order valence-electron chi connectivity index (χ3n) is 1.30. The van der Waals surface area contributed by atoms with Gasteiger partial charge in [-0.25, -0.2) is 13.6 Å². The van der Waals surface area contributed by atoms with Gasteiger partial charge in [0.25, 0.3) is 0 Å². The van der Waals surface area contributed by atoms with Crippen molar-refractivity contribution in [3.63, 3.8) is 0 Å². The molecule has 2 N–H and O–H groups in total. The summed E-state index contributed by atoms with van der Waals surface area (Å²) in [7, 11) is -4.16. The molecule has 0 unspecified atom stereocenters. The van der Waals surface area contributed by atoms with Crippen LogP contribution in [0.3, 0.4) is 0 Å². The van der Waals surface area contributed by atoms with Gasteiger partial charge in [-0.05, 0) is 31.9 Å². The first-order valence-electron chi connectivity index (χ1n) is 3.15. The Labute approximate surface area is 87.3 Å². The van der Waals surface area contributed by atoms with Crippen LogP contribution in [0.15, 0.2) is 21.6 Å². The highest BCUT2D eigenvalue weighted by molar-refractivity contribution is 9.10. The van der Waals surface area contributed by atoms with E-state index in [1.165, 1.54) is 6.07 Å². The second-order valence-corrected chi connectivity index (χ2v) is 4.60. The Hall–Kier alpha value is -1.06. The van der Waals surface area contributed by atoms with Crippen molar-refractivity contribution in [2.75, 3.05) is 0 Å². The molecule has 0 aliphatic rings. The highest BCUT2D eigenvalue weighted by Crippen LogP contribution is 2.27. The van der Waals surface area contributed by atoms with E-state index in [-0.39, 0.29) is 4.47 Å². The van der Waals surface area contributed by atoms with E-state index in [4.69, 9.17) is 5.14 Å². The molecule has 0 aliphatic carbocycles. The molecular formula is C5H4BrN3O4S. The van der Waals surface area contributed by atoms with Gasteiger partial charge in [0.05, 0.1) is 4.47 Å². The Balaban J connectivity index is 3.62. The Bertz CT molecular complexity index is 486. The average molecular weight is 282 g/mol. The van der Waals surface area contributed by atoms with E-state index in [0.29, 0.717) is 0 Å². The highest BCUT2D eigenvalue weighted by atomic mass is 79.9. The maximum Gasteiger partial charge on any atom is 0.384 e. The molecule has 0 bridgehead atoms. The minimum atomic E-state index is -4.16. The summed E-state index contributed by atoms with van der Waals surface area (Å²) in [5.74, 6) is -0.790. The Kier molecular flexibility index (Phi) is 2.83. The van der Waals surface area contributed by atoms with Gasteiger partial charge >= 0.3 is 5.82 Å². The van der Waals surface area contributed by atoms with Crippen molar-refractivity contribution in [2.24, 2.45) is 5.14 Å². The quantitative estimate of drug-likeness (QED) is 0.622. The molecule has 0 fully saturated rings. The van der Waals surface area contributed by atoms with Crippen LogP contribution < -0.4 is 5.14 Å². The van der Waals surface area contributed by atoms with Crippen LogP contribution in [0.5, 0.6) is 0 Å². The van der Waals surface area contributed by atoms with E-state index in [2.05, 4.69) is 20.9 Å². The largest absolute Gasteiger partial charge is 0.384 e. The summed E-state index contributed by atoms with van der Waals surface area (Å²) in [5.41, 5.74) is 0. The molecule has 1 aromatic heterocycles. The van der Waals surface area contributed by atoms with E-state index in [9.17, 15) is 18.5 Å². The zero-order valence-corrected chi connectivity index (χ0v) is 8.95. The van der Waals surface area contributed by atoms with Crippen molar-refractivity contribution < 1.29 is 13.3 Å². The molecule has 76 valence electrons. The predicted octanol–water partition coefficient (Wildman–Crippen LogP) is 0.400. The topological polar surface area (TPSA) is 116 Å². The minimum Gasteiger partial charge on any atom is -0.358 e. The predicted molar refractivity (Wildman–Crippen MR) is 50.0 cm³/mol. The van der Waals surface area contributed by atoms with E-state index in [1.54, 1.807) is 0 Å². The molecule has 1 rings (SSSR count). The second-order valence-electron chi connectivity index (χ2n) is 2.25. The fraction of sp³-hybridized carbons (Fsp3) is 0. The van der Waals surface area contributed by atoms with E-state index >= 15 is 0 Å². The lowest BCUT2D eigenvalue weighted by atomic mass is 10.5. The normalized spacial score (nSPS) is 11.3. The van der Waals surface area contributed by atoms with Gasteiger partial charge in [0, 0.05) is 0 Å². The summed E-state index contributed by atoms with van der Waals surface area (Å²) in [6, 6.07) is 1.26. The maximum absolute atomic E-state index is 11.0. The molecule has 0 saturated carbocycles. The van der Waals surface area contributed by atoms with Gasteiger partial charge < -0.3 is 10.1 Å². The summed E-state index contributed by atoms with van der Waals surface area (Å²) in [6.45, 7) is 0. The lowest BCUT2D eigenvalue weighted by molar-refractivity contribution is -0.392. The van der Waals surface area contributed by atoms with Gasteiger partial charge in [-0.15, -0.1) is 0 Å². The molecule has 1 aromatic rings. The number of hydrogen-bond donors (Lipinski definition) is 1. The van der Waals surface area contributed by atoms with Crippen LogP contribution in [-0.4, -0.2) is 18.3 Å². The number of aromatic nitrogens is 1. The number of nitro groups is 1. The van der Waals surface area contributed by atoms with Gasteiger partial charge in [-0.1, -0.05) is 0 Å². The molecule has 7 nitrogen and oxygen atoms in total. The first-order valence-corrected chi connectivity index (χ1v) is 5.49. The van der Waals surface area contributed by atoms with Crippen molar-refractivity contribution in [2.45, 2.75) is 4.90 Å². The number of nitrogens with zero attached hydrogens (tertiary/aromatic N) is 2. The minimum absolute atomic E-state index is 0.0155. The Morgan fingerprint density at radius 2 is 2.14 bits per heavy atom. The van der Waals surface area contributed by atoms with Gasteiger partial charge in [0.2, 0.25) is 10.0 Å². The summed E-state index contributed by atoms with van der Waals surface area (Å²) in [4.78, 5) is 12.2. The SMILES string of the molecule is NS(=O)(=O)c1c(Br)ccnc1[N+](=O)[O-]. The average Bonchev–Trinajstić information content (AvgIpc) is 2.01. The lowest BCUT2D eigenvalue weighted by Crippen LogP contribution is -2.15. The number of nitrogens with two attached hydrogens (primary N) is 1. The second kappa shape index (κ2) is 3.59. The Morgan fingerprint density at radius 1 is 1.57 bits per heavy atom. The van der Waals surface area contributed by atoms with E-state index in [1.807, 2.05) is 0 Å².